The monoisotopic (exact) mass is 938 g/mol. The Morgan fingerprint density at radius 2 is 0.689 bits per heavy atom. The van der Waals surface area contributed by atoms with Crippen molar-refractivity contribution in [1.82, 2.24) is 15.0 Å². The highest BCUT2D eigenvalue weighted by Gasteiger charge is 2.22. The summed E-state index contributed by atoms with van der Waals surface area (Å²) in [6.07, 6.45) is 0. The average molecular weight is 939 g/mol. The van der Waals surface area contributed by atoms with E-state index < -0.39 is 0 Å². The van der Waals surface area contributed by atoms with E-state index >= 15 is 0 Å². The van der Waals surface area contributed by atoms with Gasteiger partial charge in [-0.3, -0.25) is 0 Å². The predicted molar refractivity (Wildman–Crippen MR) is 307 cm³/mol. The molecule has 0 saturated carbocycles. The Hall–Kier alpha value is -10.1. The van der Waals surface area contributed by atoms with Crippen LogP contribution < -0.4 is 0 Å². The maximum absolute atomic E-state index is 8.23. The molecule has 1 aliphatic carbocycles. The minimum absolute atomic E-state index is 0.598. The Bertz CT molecular complexity index is 4410. The van der Waals surface area contributed by atoms with Gasteiger partial charge in [0.05, 0.1) is 6.57 Å². The van der Waals surface area contributed by atoms with Crippen molar-refractivity contribution in [2.24, 2.45) is 0 Å². The molecule has 0 bridgehead atoms. The lowest BCUT2D eigenvalue weighted by molar-refractivity contribution is 1.07. The number of hydrogen-bond acceptors (Lipinski definition) is 3. The molecule has 0 atom stereocenters. The maximum atomic E-state index is 8.23. The Balaban J connectivity index is 0.781. The molecule has 1 aliphatic rings. The van der Waals surface area contributed by atoms with E-state index in [4.69, 9.17) is 21.5 Å². The Morgan fingerprint density at radius 1 is 0.243 bits per heavy atom. The molecule has 0 fully saturated rings. The molecule has 0 unspecified atom stereocenters. The molecule has 74 heavy (non-hydrogen) atoms. The van der Waals surface area contributed by atoms with Crippen LogP contribution in [-0.2, 0) is 0 Å². The molecule has 0 amide bonds. The van der Waals surface area contributed by atoms with E-state index in [0.29, 0.717) is 23.2 Å². The standard InChI is InChI=1S/C70H42N4/c1-71-66-39-37-54(56-22-7-8-24-58(56)64-43-53-16-5-6-21-55(53)57-23-9-10-25-59(57)64)42-63(66)52-20-11-19-50(40-52)44-28-32-48(33-29-44)69-72-68(47-14-3-2-4-15-47)73-70(74-69)49-34-30-45(31-35-49)51-36-38-60-61-26-12-17-46-18-13-27-62(67(46)61)65(60)41-51/h2-43H. The summed E-state index contributed by atoms with van der Waals surface area (Å²) in [5.74, 6) is 1.82. The van der Waals surface area contributed by atoms with Crippen LogP contribution >= 0.6 is 0 Å². The van der Waals surface area contributed by atoms with Crippen LogP contribution in [0.5, 0.6) is 0 Å². The van der Waals surface area contributed by atoms with Gasteiger partial charge in [0.1, 0.15) is 0 Å². The van der Waals surface area contributed by atoms with Crippen molar-refractivity contribution < 1.29 is 0 Å². The largest absolute Gasteiger partial charge is 0.238 e. The zero-order chi connectivity index (χ0) is 49.1. The first kappa shape index (κ1) is 42.8. The van der Waals surface area contributed by atoms with Gasteiger partial charge in [-0.15, -0.1) is 0 Å². The third kappa shape index (κ3) is 7.34. The first-order valence-corrected chi connectivity index (χ1v) is 24.9. The third-order valence-corrected chi connectivity index (χ3v) is 14.7. The van der Waals surface area contributed by atoms with Crippen molar-refractivity contribution in [3.05, 3.63) is 266 Å². The van der Waals surface area contributed by atoms with Gasteiger partial charge in [0.15, 0.2) is 23.2 Å². The first-order chi connectivity index (χ1) is 36.6. The topological polar surface area (TPSA) is 43.0 Å². The molecule has 0 aliphatic heterocycles. The normalized spacial score (nSPS) is 11.5. The van der Waals surface area contributed by atoms with Crippen molar-refractivity contribution in [2.45, 2.75) is 0 Å². The van der Waals surface area contributed by atoms with Crippen LogP contribution in [0.2, 0.25) is 0 Å². The predicted octanol–water partition coefficient (Wildman–Crippen LogP) is 18.9. The van der Waals surface area contributed by atoms with Crippen molar-refractivity contribution in [3.63, 3.8) is 0 Å². The van der Waals surface area contributed by atoms with Gasteiger partial charge >= 0.3 is 0 Å². The lowest BCUT2D eigenvalue weighted by Crippen LogP contribution is -2.00. The summed E-state index contributed by atoms with van der Waals surface area (Å²) in [5.41, 5.74) is 19.3. The number of aromatic nitrogens is 3. The lowest BCUT2D eigenvalue weighted by Gasteiger charge is -2.16. The van der Waals surface area contributed by atoms with Gasteiger partial charge in [-0.05, 0) is 128 Å². The van der Waals surface area contributed by atoms with Crippen LogP contribution in [-0.4, -0.2) is 15.0 Å². The molecule has 342 valence electrons. The molecule has 13 aromatic rings. The summed E-state index contributed by atoms with van der Waals surface area (Å²) < 4.78 is 0. The second-order valence-electron chi connectivity index (χ2n) is 19.0. The highest BCUT2D eigenvalue weighted by molar-refractivity contribution is 6.16. The van der Waals surface area contributed by atoms with Crippen LogP contribution in [0.3, 0.4) is 0 Å². The van der Waals surface area contributed by atoms with Crippen LogP contribution in [0.25, 0.3) is 149 Å². The highest BCUT2D eigenvalue weighted by Crippen LogP contribution is 2.49. The zero-order valence-corrected chi connectivity index (χ0v) is 40.0. The average Bonchev–Trinajstić information content (AvgIpc) is 3.81. The summed E-state index contributed by atoms with van der Waals surface area (Å²) in [7, 11) is 0. The SMILES string of the molecule is [C-]#[N+]c1ccc(-c2ccccc2-c2cc3ccccc3c3ccccc23)cc1-c1cccc(-c2ccc(-c3nc(-c4ccccc4)nc(-c4ccc(-c5ccc6c(c5)-c5cccc7cccc-6c57)cc4)n3)cc2)c1. The van der Waals surface area contributed by atoms with Gasteiger partial charge in [0, 0.05) is 16.7 Å². The minimum Gasteiger partial charge on any atom is -0.238 e. The molecule has 1 aromatic heterocycles. The van der Waals surface area contributed by atoms with Crippen LogP contribution in [0, 0.1) is 6.57 Å². The van der Waals surface area contributed by atoms with Crippen molar-refractivity contribution in [2.75, 3.05) is 0 Å². The molecule has 14 rings (SSSR count). The van der Waals surface area contributed by atoms with E-state index in [2.05, 4.69) is 223 Å². The van der Waals surface area contributed by atoms with E-state index in [1.54, 1.807) is 0 Å². The third-order valence-electron chi connectivity index (χ3n) is 14.7. The number of rotatable bonds is 8. The number of nitrogens with zero attached hydrogens (tertiary/aromatic N) is 4. The molecular weight excluding hydrogens is 897 g/mol. The molecule has 4 heteroatoms. The fourth-order valence-electron chi connectivity index (χ4n) is 11.1. The Labute approximate surface area is 429 Å². The van der Waals surface area contributed by atoms with Gasteiger partial charge in [0.25, 0.3) is 0 Å². The zero-order valence-electron chi connectivity index (χ0n) is 40.0. The van der Waals surface area contributed by atoms with Crippen LogP contribution in [0.1, 0.15) is 0 Å². The molecule has 12 aromatic carbocycles. The van der Waals surface area contributed by atoms with Crippen LogP contribution in [0.4, 0.5) is 5.69 Å². The lowest BCUT2D eigenvalue weighted by atomic mass is 9.88. The van der Waals surface area contributed by atoms with Gasteiger partial charge < -0.3 is 0 Å². The number of fused-ring (bicyclic) bond motifs is 6. The van der Waals surface area contributed by atoms with Crippen molar-refractivity contribution >= 4 is 38.0 Å². The number of benzene rings is 12. The molecule has 1 heterocycles. The van der Waals surface area contributed by atoms with Gasteiger partial charge in [0.2, 0.25) is 0 Å². The Kier molecular flexibility index (Phi) is 10.2. The molecular formula is C70H42N4. The smallest absolute Gasteiger partial charge is 0.194 e. The first-order valence-electron chi connectivity index (χ1n) is 24.9. The highest BCUT2D eigenvalue weighted by atomic mass is 15.0. The van der Waals surface area contributed by atoms with Gasteiger partial charge in [-0.2, -0.15) is 0 Å². The Morgan fingerprint density at radius 3 is 1.39 bits per heavy atom. The van der Waals surface area contributed by atoms with Crippen molar-refractivity contribution in [1.29, 1.82) is 0 Å². The van der Waals surface area contributed by atoms with Gasteiger partial charge in [-0.1, -0.05) is 237 Å². The summed E-state index contributed by atoms with van der Waals surface area (Å²) >= 11 is 0. The maximum Gasteiger partial charge on any atom is 0.194 e. The summed E-state index contributed by atoms with van der Waals surface area (Å²) in [6.45, 7) is 8.23. The minimum atomic E-state index is 0.598. The van der Waals surface area contributed by atoms with E-state index in [0.717, 1.165) is 61.2 Å². The van der Waals surface area contributed by atoms with E-state index in [9.17, 15) is 0 Å². The molecule has 0 spiro atoms. The van der Waals surface area contributed by atoms with E-state index in [-0.39, 0.29) is 0 Å². The molecule has 0 radical (unpaired) electrons. The molecule has 4 nitrogen and oxygen atoms in total. The quantitative estimate of drug-likeness (QED) is 0.113. The fourth-order valence-corrected chi connectivity index (χ4v) is 11.1. The number of hydrogen-bond donors (Lipinski definition) is 0. The van der Waals surface area contributed by atoms with Gasteiger partial charge in [-0.25, -0.2) is 19.8 Å². The summed E-state index contributed by atoms with van der Waals surface area (Å²) in [5, 5.41) is 7.50. The summed E-state index contributed by atoms with van der Waals surface area (Å²) in [4.78, 5) is 19.2. The molecule has 0 saturated heterocycles. The van der Waals surface area contributed by atoms with E-state index in [1.165, 1.54) is 65.7 Å². The van der Waals surface area contributed by atoms with Crippen molar-refractivity contribution in [3.8, 4) is 112 Å². The second-order valence-corrected chi connectivity index (χ2v) is 19.0. The van der Waals surface area contributed by atoms with Crippen LogP contribution in [0.15, 0.2) is 255 Å². The van der Waals surface area contributed by atoms with E-state index in [1.807, 2.05) is 36.4 Å². The summed E-state index contributed by atoms with van der Waals surface area (Å²) in [6, 6.07) is 90.0. The molecule has 0 N–H and O–H groups in total. The fraction of sp³-hybridized carbons (Fsp3) is 0. The second kappa shape index (κ2) is 17.6.